The maximum absolute atomic E-state index is 6.43. The number of ether oxygens (including phenoxy) is 1. The van der Waals surface area contributed by atoms with E-state index in [-0.39, 0.29) is 6.10 Å². The highest BCUT2D eigenvalue weighted by Gasteiger charge is 2.24. The van der Waals surface area contributed by atoms with Gasteiger partial charge in [0.2, 0.25) is 0 Å². The zero-order valence-corrected chi connectivity index (χ0v) is 16.6. The van der Waals surface area contributed by atoms with E-state index in [9.17, 15) is 0 Å². The van der Waals surface area contributed by atoms with Crippen LogP contribution < -0.4 is 0 Å². The molecule has 25 heavy (non-hydrogen) atoms. The number of aromatic nitrogens is 1. The van der Waals surface area contributed by atoms with Crippen molar-refractivity contribution in [3.63, 3.8) is 0 Å². The average molecular weight is 417 g/mol. The molecule has 3 nitrogen and oxygen atoms in total. The lowest BCUT2D eigenvalue weighted by Crippen LogP contribution is -2.18. The Morgan fingerprint density at radius 2 is 2.16 bits per heavy atom. The van der Waals surface area contributed by atoms with Crippen LogP contribution in [0, 0.1) is 5.92 Å². The molecule has 1 saturated heterocycles. The number of likely N-dealkylation sites (tertiary alicyclic amines) is 1. The Morgan fingerprint density at radius 3 is 2.92 bits per heavy atom. The van der Waals surface area contributed by atoms with Gasteiger partial charge in [0.15, 0.2) is 0 Å². The van der Waals surface area contributed by atoms with Gasteiger partial charge in [0.1, 0.15) is 11.1 Å². The number of fused-ring (bicyclic) bond motifs is 1. The molecule has 1 aliphatic rings. The van der Waals surface area contributed by atoms with Gasteiger partial charge in [0.25, 0.3) is 0 Å². The summed E-state index contributed by atoms with van der Waals surface area (Å²) in [5, 5.41) is 1.03. The summed E-state index contributed by atoms with van der Waals surface area (Å²) in [6.07, 6.45) is 1.10. The molecule has 4 rings (SSSR count). The summed E-state index contributed by atoms with van der Waals surface area (Å²) in [4.78, 5) is 7.22. The SMILES string of the molecule is CN1CCC(COC(c2cccc(Br)c2)c2nc3ccccc3s2)C1. The first kappa shape index (κ1) is 17.2. The van der Waals surface area contributed by atoms with E-state index in [0.29, 0.717) is 5.92 Å². The second-order valence-corrected chi connectivity index (χ2v) is 8.68. The van der Waals surface area contributed by atoms with Gasteiger partial charge in [-0.05, 0) is 55.8 Å². The average Bonchev–Trinajstić information content (AvgIpc) is 3.21. The highest BCUT2D eigenvalue weighted by Crippen LogP contribution is 2.34. The number of thiazole rings is 1. The lowest BCUT2D eigenvalue weighted by molar-refractivity contribution is 0.0543. The van der Waals surface area contributed by atoms with Gasteiger partial charge in [-0.1, -0.05) is 40.2 Å². The fraction of sp³-hybridized carbons (Fsp3) is 0.350. The molecule has 3 aromatic rings. The maximum Gasteiger partial charge on any atom is 0.134 e. The van der Waals surface area contributed by atoms with Crippen molar-refractivity contribution in [2.24, 2.45) is 5.92 Å². The van der Waals surface area contributed by atoms with E-state index >= 15 is 0 Å². The van der Waals surface area contributed by atoms with Crippen LogP contribution in [0.25, 0.3) is 10.2 Å². The zero-order chi connectivity index (χ0) is 17.2. The van der Waals surface area contributed by atoms with E-state index in [1.165, 1.54) is 11.1 Å². The van der Waals surface area contributed by atoms with Crippen LogP contribution in [-0.2, 0) is 4.74 Å². The van der Waals surface area contributed by atoms with Gasteiger partial charge >= 0.3 is 0 Å². The third-order valence-corrected chi connectivity index (χ3v) is 6.25. The van der Waals surface area contributed by atoms with Crippen LogP contribution in [0.2, 0.25) is 0 Å². The molecule has 2 heterocycles. The molecular formula is C20H21BrN2OS. The Balaban J connectivity index is 1.63. The molecule has 0 saturated carbocycles. The second-order valence-electron chi connectivity index (χ2n) is 6.71. The number of halogens is 1. The molecule has 0 spiro atoms. The number of para-hydroxylation sites is 1. The van der Waals surface area contributed by atoms with Gasteiger partial charge < -0.3 is 9.64 Å². The van der Waals surface area contributed by atoms with E-state index in [1.54, 1.807) is 11.3 Å². The van der Waals surface area contributed by atoms with E-state index in [2.05, 4.69) is 64.3 Å². The third-order valence-electron chi connectivity index (χ3n) is 4.67. The Labute approximate surface area is 160 Å². The van der Waals surface area contributed by atoms with Crippen molar-refractivity contribution >= 4 is 37.5 Å². The van der Waals surface area contributed by atoms with Crippen LogP contribution in [0.3, 0.4) is 0 Å². The molecule has 0 radical (unpaired) electrons. The van der Waals surface area contributed by atoms with Crippen molar-refractivity contribution in [3.8, 4) is 0 Å². The maximum atomic E-state index is 6.43. The molecule has 0 aliphatic carbocycles. The zero-order valence-electron chi connectivity index (χ0n) is 14.2. The molecule has 0 amide bonds. The van der Waals surface area contributed by atoms with Crippen molar-refractivity contribution in [3.05, 3.63) is 63.6 Å². The number of rotatable bonds is 5. The summed E-state index contributed by atoms with van der Waals surface area (Å²) in [6.45, 7) is 3.05. The number of hydrogen-bond donors (Lipinski definition) is 0. The quantitative estimate of drug-likeness (QED) is 0.577. The fourth-order valence-electron chi connectivity index (χ4n) is 3.38. The molecule has 2 atom stereocenters. The Hall–Kier alpha value is -1.27. The van der Waals surface area contributed by atoms with Crippen LogP contribution >= 0.6 is 27.3 Å². The number of hydrogen-bond acceptors (Lipinski definition) is 4. The number of nitrogens with zero attached hydrogens (tertiary/aromatic N) is 2. The summed E-state index contributed by atoms with van der Waals surface area (Å²) in [6, 6.07) is 16.7. The normalized spacial score (nSPS) is 19.5. The molecule has 2 unspecified atom stereocenters. The van der Waals surface area contributed by atoms with Crippen LogP contribution in [0.5, 0.6) is 0 Å². The molecule has 5 heteroatoms. The van der Waals surface area contributed by atoms with E-state index in [4.69, 9.17) is 9.72 Å². The molecule has 2 aromatic carbocycles. The highest BCUT2D eigenvalue weighted by atomic mass is 79.9. The van der Waals surface area contributed by atoms with Crippen LogP contribution in [0.1, 0.15) is 23.1 Å². The summed E-state index contributed by atoms with van der Waals surface area (Å²) in [5.74, 6) is 0.606. The second kappa shape index (κ2) is 7.54. The topological polar surface area (TPSA) is 25.4 Å². The molecule has 1 aliphatic heterocycles. The van der Waals surface area contributed by atoms with E-state index in [0.717, 1.165) is 40.3 Å². The number of benzene rings is 2. The first-order valence-corrected chi connectivity index (χ1v) is 10.2. The first-order valence-electron chi connectivity index (χ1n) is 8.60. The van der Waals surface area contributed by atoms with Gasteiger partial charge in [0, 0.05) is 11.0 Å². The summed E-state index contributed by atoms with van der Waals surface area (Å²) in [5.41, 5.74) is 2.20. The molecule has 1 aromatic heterocycles. The van der Waals surface area contributed by atoms with Crippen molar-refractivity contribution in [1.29, 1.82) is 0 Å². The Kier molecular flexibility index (Phi) is 5.17. The van der Waals surface area contributed by atoms with Crippen molar-refractivity contribution in [1.82, 2.24) is 9.88 Å². The van der Waals surface area contributed by atoms with Gasteiger partial charge in [-0.2, -0.15) is 0 Å². The minimum Gasteiger partial charge on any atom is -0.366 e. The van der Waals surface area contributed by atoms with Crippen molar-refractivity contribution in [2.75, 3.05) is 26.7 Å². The summed E-state index contributed by atoms with van der Waals surface area (Å²) < 4.78 is 8.71. The summed E-state index contributed by atoms with van der Waals surface area (Å²) in [7, 11) is 2.18. The highest BCUT2D eigenvalue weighted by molar-refractivity contribution is 9.10. The minimum absolute atomic E-state index is 0.110. The molecule has 1 fully saturated rings. The van der Waals surface area contributed by atoms with Gasteiger partial charge in [-0.15, -0.1) is 11.3 Å². The molecule has 0 N–H and O–H groups in total. The van der Waals surface area contributed by atoms with E-state index in [1.807, 2.05) is 12.1 Å². The standard InChI is InChI=1S/C20H21BrN2OS/c1-23-10-9-14(12-23)13-24-19(15-5-4-6-16(21)11-15)20-22-17-7-2-3-8-18(17)25-20/h2-8,11,14,19H,9-10,12-13H2,1H3. The monoisotopic (exact) mass is 416 g/mol. The lowest BCUT2D eigenvalue weighted by atomic mass is 10.1. The third kappa shape index (κ3) is 3.95. The molecule has 130 valence electrons. The summed E-state index contributed by atoms with van der Waals surface area (Å²) >= 11 is 5.31. The van der Waals surface area contributed by atoms with Crippen LogP contribution in [0.15, 0.2) is 53.0 Å². The predicted molar refractivity (Wildman–Crippen MR) is 107 cm³/mol. The van der Waals surface area contributed by atoms with Crippen molar-refractivity contribution in [2.45, 2.75) is 12.5 Å². The fourth-order valence-corrected chi connectivity index (χ4v) is 4.84. The Morgan fingerprint density at radius 1 is 1.28 bits per heavy atom. The Bertz CT molecular complexity index is 833. The lowest BCUT2D eigenvalue weighted by Gasteiger charge is -2.19. The first-order chi connectivity index (χ1) is 12.2. The predicted octanol–water partition coefficient (Wildman–Crippen LogP) is 5.12. The van der Waals surface area contributed by atoms with Crippen LogP contribution in [0.4, 0.5) is 0 Å². The van der Waals surface area contributed by atoms with Crippen LogP contribution in [-0.4, -0.2) is 36.6 Å². The van der Waals surface area contributed by atoms with Crippen molar-refractivity contribution < 1.29 is 4.74 Å². The smallest absolute Gasteiger partial charge is 0.134 e. The largest absolute Gasteiger partial charge is 0.366 e. The minimum atomic E-state index is -0.110. The van der Waals surface area contributed by atoms with Gasteiger partial charge in [-0.25, -0.2) is 4.98 Å². The molecular weight excluding hydrogens is 396 g/mol. The van der Waals surface area contributed by atoms with Gasteiger partial charge in [0.05, 0.1) is 16.8 Å². The van der Waals surface area contributed by atoms with E-state index < -0.39 is 0 Å². The van der Waals surface area contributed by atoms with Gasteiger partial charge in [-0.3, -0.25) is 0 Å². The molecule has 0 bridgehead atoms.